The van der Waals surface area contributed by atoms with Gasteiger partial charge in [0.1, 0.15) is 5.82 Å². The second-order valence-corrected chi connectivity index (χ2v) is 2.10. The molecule has 1 rings (SSSR count). The smallest absolute Gasteiger partial charge is 0.234 e. The molecule has 0 aliphatic rings. The number of nitrogens with two attached hydrogens (primary N) is 1. The van der Waals surface area contributed by atoms with E-state index < -0.39 is 0 Å². The summed E-state index contributed by atoms with van der Waals surface area (Å²) in [5.74, 6) is 5.50. The Morgan fingerprint density at radius 3 is 3.18 bits per heavy atom. The number of H-pyrrole nitrogens is 1. The third-order valence-corrected chi connectivity index (χ3v) is 1.30. The van der Waals surface area contributed by atoms with Crippen molar-refractivity contribution in [1.82, 2.24) is 15.4 Å². The molecule has 0 atom stereocenters. The van der Waals surface area contributed by atoms with Gasteiger partial charge in [-0.15, -0.1) is 0 Å². The van der Waals surface area contributed by atoms with E-state index in [1.54, 1.807) is 12.4 Å². The van der Waals surface area contributed by atoms with Gasteiger partial charge in [-0.05, 0) is 0 Å². The van der Waals surface area contributed by atoms with Crippen molar-refractivity contribution in [2.24, 2.45) is 5.84 Å². The second kappa shape index (κ2) is 3.72. The average molecular weight is 154 g/mol. The largest absolute Gasteiger partial charge is 0.349 e. The number of hydrogen-bond acceptors (Lipinski definition) is 3. The molecule has 1 aromatic rings. The summed E-state index contributed by atoms with van der Waals surface area (Å²) in [5.41, 5.74) is 2.05. The molecular formula is C6H10N4O. The fourth-order valence-corrected chi connectivity index (χ4v) is 0.739. The number of aryl methyl sites for hydroxylation is 1. The van der Waals surface area contributed by atoms with Gasteiger partial charge in [-0.2, -0.15) is 0 Å². The Hall–Kier alpha value is -1.36. The van der Waals surface area contributed by atoms with E-state index in [2.05, 4.69) is 9.97 Å². The van der Waals surface area contributed by atoms with E-state index >= 15 is 0 Å². The molecule has 0 fully saturated rings. The van der Waals surface area contributed by atoms with E-state index in [4.69, 9.17) is 5.84 Å². The number of aromatic amines is 1. The lowest BCUT2D eigenvalue weighted by molar-refractivity contribution is -0.121. The van der Waals surface area contributed by atoms with Gasteiger partial charge in [0.2, 0.25) is 5.91 Å². The third-order valence-electron chi connectivity index (χ3n) is 1.30. The number of aromatic nitrogens is 2. The summed E-state index contributed by atoms with van der Waals surface area (Å²) in [6.45, 7) is 0. The van der Waals surface area contributed by atoms with Crippen LogP contribution in [0.25, 0.3) is 0 Å². The molecular weight excluding hydrogens is 144 g/mol. The van der Waals surface area contributed by atoms with Crippen molar-refractivity contribution in [1.29, 1.82) is 0 Å². The molecule has 0 saturated carbocycles. The topological polar surface area (TPSA) is 83.8 Å². The Kier molecular flexibility index (Phi) is 2.62. The van der Waals surface area contributed by atoms with Gasteiger partial charge in [-0.3, -0.25) is 10.2 Å². The molecule has 1 heterocycles. The normalized spacial score (nSPS) is 9.55. The second-order valence-electron chi connectivity index (χ2n) is 2.10. The Labute approximate surface area is 64.0 Å². The quantitative estimate of drug-likeness (QED) is 0.307. The molecule has 4 N–H and O–H groups in total. The molecule has 1 amide bonds. The Balaban J connectivity index is 2.29. The molecule has 0 saturated heterocycles. The highest BCUT2D eigenvalue weighted by Crippen LogP contribution is 1.93. The maximum Gasteiger partial charge on any atom is 0.234 e. The van der Waals surface area contributed by atoms with Crippen molar-refractivity contribution in [2.75, 3.05) is 0 Å². The highest BCUT2D eigenvalue weighted by atomic mass is 16.2. The SMILES string of the molecule is NNC(=O)CCc1ncc[nH]1. The zero-order chi connectivity index (χ0) is 8.10. The lowest BCUT2D eigenvalue weighted by Gasteiger charge is -1.95. The summed E-state index contributed by atoms with van der Waals surface area (Å²) < 4.78 is 0. The number of imidazole rings is 1. The summed E-state index contributed by atoms with van der Waals surface area (Å²) in [4.78, 5) is 17.5. The molecule has 5 heteroatoms. The van der Waals surface area contributed by atoms with E-state index in [1.807, 2.05) is 5.43 Å². The minimum Gasteiger partial charge on any atom is -0.349 e. The Morgan fingerprint density at radius 2 is 2.64 bits per heavy atom. The molecule has 1 aromatic heterocycles. The third kappa shape index (κ3) is 2.38. The molecule has 0 aliphatic heterocycles. The molecule has 0 aliphatic carbocycles. The van der Waals surface area contributed by atoms with Crippen LogP contribution in [0.1, 0.15) is 12.2 Å². The number of hydrazine groups is 1. The molecule has 5 nitrogen and oxygen atoms in total. The van der Waals surface area contributed by atoms with Crippen LogP contribution in [0.15, 0.2) is 12.4 Å². The van der Waals surface area contributed by atoms with Gasteiger partial charge in [-0.1, -0.05) is 0 Å². The fourth-order valence-electron chi connectivity index (χ4n) is 0.739. The number of carbonyl (C=O) groups excluding carboxylic acids is 1. The van der Waals surface area contributed by atoms with Crippen LogP contribution in [0.3, 0.4) is 0 Å². The van der Waals surface area contributed by atoms with Crippen LogP contribution < -0.4 is 11.3 Å². The van der Waals surface area contributed by atoms with Gasteiger partial charge >= 0.3 is 0 Å². The minimum atomic E-state index is -0.179. The lowest BCUT2D eigenvalue weighted by atomic mass is 10.3. The van der Waals surface area contributed by atoms with Gasteiger partial charge < -0.3 is 4.98 Å². The summed E-state index contributed by atoms with van der Waals surface area (Å²) in [5, 5.41) is 0. The lowest BCUT2D eigenvalue weighted by Crippen LogP contribution is -2.30. The van der Waals surface area contributed by atoms with Crippen molar-refractivity contribution in [2.45, 2.75) is 12.8 Å². The predicted molar refractivity (Wildman–Crippen MR) is 39.2 cm³/mol. The Bertz CT molecular complexity index is 218. The van der Waals surface area contributed by atoms with Crippen LogP contribution in [-0.4, -0.2) is 15.9 Å². The first-order valence-corrected chi connectivity index (χ1v) is 3.30. The summed E-state index contributed by atoms with van der Waals surface area (Å²) in [7, 11) is 0. The number of nitrogens with zero attached hydrogens (tertiary/aromatic N) is 1. The van der Waals surface area contributed by atoms with E-state index in [0.717, 1.165) is 5.82 Å². The fraction of sp³-hybridized carbons (Fsp3) is 0.333. The summed E-state index contributed by atoms with van der Waals surface area (Å²) >= 11 is 0. The minimum absolute atomic E-state index is 0.179. The maximum absolute atomic E-state index is 10.6. The summed E-state index contributed by atoms with van der Waals surface area (Å²) in [6.07, 6.45) is 4.32. The standard InChI is InChI=1S/C6H10N4O/c7-10-6(11)2-1-5-8-3-4-9-5/h3-4H,1-2,7H2,(H,8,9)(H,10,11). The summed E-state index contributed by atoms with van der Waals surface area (Å²) in [6, 6.07) is 0. The van der Waals surface area contributed by atoms with Gasteiger partial charge in [0.05, 0.1) is 0 Å². The highest BCUT2D eigenvalue weighted by molar-refractivity contribution is 5.75. The zero-order valence-electron chi connectivity index (χ0n) is 6.00. The van der Waals surface area contributed by atoms with Crippen LogP contribution in [-0.2, 0) is 11.2 Å². The predicted octanol–water partition coefficient (Wildman–Crippen LogP) is -0.668. The van der Waals surface area contributed by atoms with Crippen molar-refractivity contribution in [3.05, 3.63) is 18.2 Å². The maximum atomic E-state index is 10.6. The number of nitrogens with one attached hydrogen (secondary N) is 2. The zero-order valence-corrected chi connectivity index (χ0v) is 6.00. The Morgan fingerprint density at radius 1 is 1.82 bits per heavy atom. The van der Waals surface area contributed by atoms with Crippen LogP contribution in [0.4, 0.5) is 0 Å². The van der Waals surface area contributed by atoms with E-state index in [1.165, 1.54) is 0 Å². The van der Waals surface area contributed by atoms with Gasteiger partial charge in [-0.25, -0.2) is 10.8 Å². The first-order chi connectivity index (χ1) is 5.33. The molecule has 60 valence electrons. The average Bonchev–Trinajstić information content (AvgIpc) is 2.52. The first-order valence-electron chi connectivity index (χ1n) is 3.30. The van der Waals surface area contributed by atoms with Crippen LogP contribution in [0, 0.1) is 0 Å². The molecule has 0 unspecified atom stereocenters. The van der Waals surface area contributed by atoms with Crippen LogP contribution in [0.5, 0.6) is 0 Å². The van der Waals surface area contributed by atoms with E-state index in [-0.39, 0.29) is 5.91 Å². The van der Waals surface area contributed by atoms with Crippen molar-refractivity contribution in [3.63, 3.8) is 0 Å². The van der Waals surface area contributed by atoms with Gasteiger partial charge in [0, 0.05) is 25.2 Å². The molecule has 11 heavy (non-hydrogen) atoms. The number of hydrogen-bond donors (Lipinski definition) is 3. The van der Waals surface area contributed by atoms with Gasteiger partial charge in [0.15, 0.2) is 0 Å². The molecule has 0 bridgehead atoms. The molecule has 0 spiro atoms. The number of rotatable bonds is 3. The van der Waals surface area contributed by atoms with Crippen LogP contribution in [0.2, 0.25) is 0 Å². The van der Waals surface area contributed by atoms with E-state index in [0.29, 0.717) is 12.8 Å². The first kappa shape index (κ1) is 7.74. The molecule has 0 radical (unpaired) electrons. The number of carbonyl (C=O) groups is 1. The van der Waals surface area contributed by atoms with Crippen molar-refractivity contribution < 1.29 is 4.79 Å². The van der Waals surface area contributed by atoms with Crippen molar-refractivity contribution >= 4 is 5.91 Å². The van der Waals surface area contributed by atoms with Crippen LogP contribution >= 0.6 is 0 Å². The van der Waals surface area contributed by atoms with E-state index in [9.17, 15) is 4.79 Å². The van der Waals surface area contributed by atoms with Crippen molar-refractivity contribution in [3.8, 4) is 0 Å². The van der Waals surface area contributed by atoms with Gasteiger partial charge in [0.25, 0.3) is 0 Å². The molecule has 0 aromatic carbocycles. The monoisotopic (exact) mass is 154 g/mol. The number of amides is 1. The highest BCUT2D eigenvalue weighted by Gasteiger charge is 1.99.